The summed E-state index contributed by atoms with van der Waals surface area (Å²) >= 11 is 6.24. The van der Waals surface area contributed by atoms with Crippen LogP contribution >= 0.6 is 11.6 Å². The summed E-state index contributed by atoms with van der Waals surface area (Å²) in [7, 11) is 0. The van der Waals surface area contributed by atoms with Gasteiger partial charge in [-0.3, -0.25) is 5.41 Å². The van der Waals surface area contributed by atoms with E-state index in [1.165, 1.54) is 4.68 Å². The first-order valence-electron chi connectivity index (χ1n) is 6.20. The second-order valence-corrected chi connectivity index (χ2v) is 4.22. The minimum atomic E-state index is -0.487. The van der Waals surface area contributed by atoms with Gasteiger partial charge in [0.05, 0.1) is 12.2 Å². The third kappa shape index (κ3) is 3.96. The Kier molecular flexibility index (Phi) is 5.99. The van der Waals surface area contributed by atoms with Crippen molar-refractivity contribution in [1.29, 1.82) is 5.41 Å². The molecule has 4 N–H and O–H groups in total. The molecule has 0 aliphatic heterocycles. The lowest BCUT2D eigenvalue weighted by Gasteiger charge is -2.07. The van der Waals surface area contributed by atoms with Crippen LogP contribution in [0.2, 0.25) is 5.02 Å². The second kappa shape index (κ2) is 7.49. The highest BCUT2D eigenvalue weighted by Crippen LogP contribution is 2.28. The molecule has 0 bridgehead atoms. The molecular formula is C13H18ClN4O2+. The molecule has 20 heavy (non-hydrogen) atoms. The van der Waals surface area contributed by atoms with Crippen LogP contribution in [0.25, 0.3) is 0 Å². The van der Waals surface area contributed by atoms with Crippen LogP contribution < -0.4 is 11.2 Å². The Morgan fingerprint density at radius 1 is 1.55 bits per heavy atom. The Morgan fingerprint density at radius 2 is 2.25 bits per heavy atom. The van der Waals surface area contributed by atoms with Gasteiger partial charge in [-0.05, 0) is 13.0 Å². The summed E-state index contributed by atoms with van der Waals surface area (Å²) in [5, 5.41) is 7.54. The number of rotatable bonds is 5. The Balaban J connectivity index is 3.24. The van der Waals surface area contributed by atoms with Gasteiger partial charge in [-0.25, -0.2) is 4.79 Å². The van der Waals surface area contributed by atoms with Crippen molar-refractivity contribution in [3.63, 3.8) is 0 Å². The number of ether oxygens (including phenoxy) is 1. The highest BCUT2D eigenvalue weighted by Gasteiger charge is 2.21. The van der Waals surface area contributed by atoms with Gasteiger partial charge in [-0.2, -0.15) is 0 Å². The van der Waals surface area contributed by atoms with Gasteiger partial charge >= 0.3 is 5.97 Å². The Labute approximate surface area is 122 Å². The number of halogens is 1. The molecule has 108 valence electrons. The summed E-state index contributed by atoms with van der Waals surface area (Å²) in [5.74, 6) is -0.717. The molecule has 1 rings (SSSR count). The molecule has 0 aromatic heterocycles. The van der Waals surface area contributed by atoms with E-state index >= 15 is 0 Å². The lowest BCUT2D eigenvalue weighted by molar-refractivity contribution is -0.483. The van der Waals surface area contributed by atoms with Gasteiger partial charge in [0.15, 0.2) is 6.21 Å². The van der Waals surface area contributed by atoms with Crippen LogP contribution in [0.1, 0.15) is 30.6 Å². The molecule has 0 unspecified atom stereocenters. The molecular weight excluding hydrogens is 280 g/mol. The predicted octanol–water partition coefficient (Wildman–Crippen LogP) is 2.04. The normalized spacial score (nSPS) is 11.1. The van der Waals surface area contributed by atoms with E-state index in [9.17, 15) is 4.79 Å². The van der Waals surface area contributed by atoms with Gasteiger partial charge in [0.25, 0.3) is 5.69 Å². The van der Waals surface area contributed by atoms with Crippen molar-refractivity contribution in [2.45, 2.75) is 20.3 Å². The summed E-state index contributed by atoms with van der Waals surface area (Å²) in [6.45, 7) is 3.93. The monoisotopic (exact) mass is 297 g/mol. The third-order valence-corrected chi connectivity index (χ3v) is 2.74. The number of nitrogens with two attached hydrogens (primary N) is 1. The molecule has 0 saturated carbocycles. The average molecular weight is 298 g/mol. The molecule has 0 radical (unpaired) electrons. The average Bonchev–Trinajstić information content (AvgIpc) is 2.38. The van der Waals surface area contributed by atoms with E-state index in [4.69, 9.17) is 27.5 Å². The van der Waals surface area contributed by atoms with Gasteiger partial charge in [-0.1, -0.05) is 29.3 Å². The number of esters is 1. The van der Waals surface area contributed by atoms with Crippen LogP contribution in [0.3, 0.4) is 0 Å². The van der Waals surface area contributed by atoms with Crippen molar-refractivity contribution < 1.29 is 14.2 Å². The summed E-state index contributed by atoms with van der Waals surface area (Å²) in [6.07, 6.45) is 2.46. The third-order valence-electron chi connectivity index (χ3n) is 2.34. The number of carbonyl (C=O) groups is 1. The topological polar surface area (TPSA) is 91.2 Å². The molecule has 7 heteroatoms. The number of hydrogen-bond acceptors (Lipinski definition) is 3. The van der Waals surface area contributed by atoms with Crippen molar-refractivity contribution in [3.8, 4) is 0 Å². The number of hydrazone groups is 1. The predicted molar refractivity (Wildman–Crippen MR) is 78.7 cm³/mol. The van der Waals surface area contributed by atoms with E-state index in [1.54, 1.807) is 31.3 Å². The molecule has 0 aliphatic carbocycles. The number of guanidine groups is 1. The van der Waals surface area contributed by atoms with E-state index in [0.717, 1.165) is 0 Å². The molecule has 0 spiro atoms. The van der Waals surface area contributed by atoms with Crippen molar-refractivity contribution >= 4 is 35.4 Å². The zero-order valence-corrected chi connectivity index (χ0v) is 12.2. The Hall–Kier alpha value is -2.08. The van der Waals surface area contributed by atoms with Gasteiger partial charge in [-0.15, -0.1) is 5.43 Å². The maximum Gasteiger partial charge on any atom is 0.339 e. The molecule has 1 aromatic carbocycles. The second-order valence-electron chi connectivity index (χ2n) is 3.85. The SMILES string of the molecule is CCC=[N+](NC(=N)N)c1cccc(C(=O)OCC)c1Cl. The number of carbonyl (C=O) groups excluding carboxylic acids is 1. The Morgan fingerprint density at radius 3 is 2.80 bits per heavy atom. The van der Waals surface area contributed by atoms with Gasteiger partial charge in [0, 0.05) is 12.5 Å². The van der Waals surface area contributed by atoms with Crippen molar-refractivity contribution in [3.05, 3.63) is 28.8 Å². The van der Waals surface area contributed by atoms with Crippen molar-refractivity contribution in [2.75, 3.05) is 6.61 Å². The Bertz CT molecular complexity index is 543. The molecule has 0 heterocycles. The molecule has 0 amide bonds. The minimum Gasteiger partial charge on any atom is -0.462 e. The zero-order valence-electron chi connectivity index (χ0n) is 11.4. The largest absolute Gasteiger partial charge is 0.462 e. The number of nitrogens with zero attached hydrogens (tertiary/aromatic N) is 1. The highest BCUT2D eigenvalue weighted by molar-refractivity contribution is 6.35. The number of nitrogens with one attached hydrogen (secondary N) is 2. The van der Waals surface area contributed by atoms with Crippen LogP contribution in [-0.4, -0.2) is 29.4 Å². The molecule has 0 fully saturated rings. The van der Waals surface area contributed by atoms with E-state index < -0.39 is 5.97 Å². The molecule has 0 saturated heterocycles. The maximum atomic E-state index is 11.8. The van der Waals surface area contributed by atoms with E-state index in [-0.39, 0.29) is 23.2 Å². The zero-order chi connectivity index (χ0) is 15.1. The fraction of sp³-hybridized carbons (Fsp3) is 0.308. The molecule has 1 aromatic rings. The summed E-state index contributed by atoms with van der Waals surface area (Å²) < 4.78 is 6.45. The lowest BCUT2D eigenvalue weighted by atomic mass is 10.2. The van der Waals surface area contributed by atoms with Crippen molar-refractivity contribution in [1.82, 2.24) is 5.43 Å². The number of hydrogen-bond donors (Lipinski definition) is 3. The van der Waals surface area contributed by atoms with Crippen LogP contribution in [0, 0.1) is 5.41 Å². The molecule has 0 atom stereocenters. The summed E-state index contributed by atoms with van der Waals surface area (Å²) in [6, 6.07) is 4.99. The standard InChI is InChI=1S/C13H18ClN4O2/c1-3-8-18(17-13(15)16)10-7-5-6-9(11(10)14)12(19)20-4-2/h5-8H,3-4H2,1-2H3,(H4,15,16,17)/q+1. The minimum absolute atomic E-state index is 0.229. The van der Waals surface area contributed by atoms with Crippen LogP contribution in [0.5, 0.6) is 0 Å². The first-order chi connectivity index (χ1) is 9.51. The first-order valence-corrected chi connectivity index (χ1v) is 6.57. The van der Waals surface area contributed by atoms with Crippen LogP contribution in [-0.2, 0) is 4.74 Å². The van der Waals surface area contributed by atoms with E-state index in [0.29, 0.717) is 12.1 Å². The van der Waals surface area contributed by atoms with E-state index in [1.807, 2.05) is 6.92 Å². The quantitative estimate of drug-likeness (QED) is 0.255. The smallest absolute Gasteiger partial charge is 0.339 e. The first kappa shape index (κ1) is 16.0. The summed E-state index contributed by atoms with van der Waals surface area (Å²) in [4.78, 5) is 11.8. The lowest BCUT2D eigenvalue weighted by Crippen LogP contribution is -2.37. The van der Waals surface area contributed by atoms with Gasteiger partial charge < -0.3 is 10.5 Å². The van der Waals surface area contributed by atoms with Crippen molar-refractivity contribution in [2.24, 2.45) is 5.73 Å². The number of hydrazine groups is 1. The molecule has 6 nitrogen and oxygen atoms in total. The van der Waals surface area contributed by atoms with Gasteiger partial charge in [0.1, 0.15) is 5.02 Å². The maximum absolute atomic E-state index is 11.8. The van der Waals surface area contributed by atoms with E-state index in [2.05, 4.69) is 5.43 Å². The van der Waals surface area contributed by atoms with Gasteiger partial charge in [0.2, 0.25) is 5.96 Å². The fourth-order valence-corrected chi connectivity index (χ4v) is 1.88. The van der Waals surface area contributed by atoms with Crippen LogP contribution in [0.4, 0.5) is 5.69 Å². The fourth-order valence-electron chi connectivity index (χ4n) is 1.59. The van der Waals surface area contributed by atoms with Crippen LogP contribution in [0.15, 0.2) is 18.2 Å². The summed E-state index contributed by atoms with van der Waals surface area (Å²) in [5.41, 5.74) is 8.76. The highest BCUT2D eigenvalue weighted by atomic mass is 35.5. The molecule has 0 aliphatic rings. The number of benzene rings is 1.